The highest BCUT2D eigenvalue weighted by molar-refractivity contribution is 14.1. The topological polar surface area (TPSA) is 46.2 Å². The highest BCUT2D eigenvalue weighted by Crippen LogP contribution is 2.35. The highest BCUT2D eigenvalue weighted by atomic mass is 127. The smallest absolute Gasteiger partial charge is 0.279 e. The van der Waals surface area contributed by atoms with Crippen LogP contribution in [0.2, 0.25) is 0 Å². The summed E-state index contributed by atoms with van der Waals surface area (Å²) in [5.41, 5.74) is -1.53. The monoisotopic (exact) mass is 427 g/mol. The molecule has 2 aromatic carbocycles. The van der Waals surface area contributed by atoms with Gasteiger partial charge in [-0.25, -0.2) is 8.42 Å². The fourth-order valence-corrected chi connectivity index (χ4v) is 3.08. The molecule has 0 spiro atoms. The summed E-state index contributed by atoms with van der Waals surface area (Å²) < 4.78 is 65.6. The maximum atomic E-state index is 12.8. The number of anilines is 1. The van der Waals surface area contributed by atoms with Crippen molar-refractivity contribution in [2.24, 2.45) is 0 Å². The van der Waals surface area contributed by atoms with E-state index in [1.165, 1.54) is 24.3 Å². The van der Waals surface area contributed by atoms with Gasteiger partial charge in [0.15, 0.2) is 0 Å². The van der Waals surface area contributed by atoms with Crippen LogP contribution in [0.1, 0.15) is 5.56 Å². The quantitative estimate of drug-likeness (QED) is 0.750. The predicted octanol–water partition coefficient (Wildman–Crippen LogP) is 4.11. The Hall–Kier alpha value is -1.29. The zero-order valence-corrected chi connectivity index (χ0v) is 13.3. The minimum atomic E-state index is -4.63. The predicted molar refractivity (Wildman–Crippen MR) is 81.4 cm³/mol. The van der Waals surface area contributed by atoms with E-state index < -0.39 is 27.5 Å². The Balaban J connectivity index is 2.40. The van der Waals surface area contributed by atoms with E-state index >= 15 is 0 Å². The number of hydrogen-bond donors (Lipinski definition) is 1. The minimum absolute atomic E-state index is 0.0973. The molecule has 0 saturated heterocycles. The molecule has 21 heavy (non-hydrogen) atoms. The van der Waals surface area contributed by atoms with Crippen LogP contribution >= 0.6 is 22.6 Å². The van der Waals surface area contributed by atoms with Crippen molar-refractivity contribution in [3.63, 3.8) is 0 Å². The van der Waals surface area contributed by atoms with Crippen molar-refractivity contribution in [2.45, 2.75) is 11.1 Å². The molecule has 0 aliphatic heterocycles. The van der Waals surface area contributed by atoms with Gasteiger partial charge in [-0.3, -0.25) is 4.72 Å². The van der Waals surface area contributed by atoms with Gasteiger partial charge in [-0.05, 0) is 59.0 Å². The molecule has 0 atom stereocenters. The van der Waals surface area contributed by atoms with Gasteiger partial charge in [-0.2, -0.15) is 13.2 Å². The fourth-order valence-electron chi connectivity index (χ4n) is 1.64. The summed E-state index contributed by atoms with van der Waals surface area (Å²) in [5, 5.41) is 0. The largest absolute Gasteiger partial charge is 0.418 e. The Labute approximate surface area is 133 Å². The standard InChI is InChI=1S/C13H9F3INO2S/c14-13(15,16)11-3-1-2-4-12(11)18-21(19,20)10-7-5-9(17)6-8-10/h1-8,18H. The fraction of sp³-hybridized carbons (Fsp3) is 0.0769. The number of para-hydroxylation sites is 1. The molecule has 0 fully saturated rings. The Bertz CT molecular complexity index is 743. The molecule has 112 valence electrons. The molecular weight excluding hydrogens is 418 g/mol. The molecule has 0 amide bonds. The van der Waals surface area contributed by atoms with E-state index in [2.05, 4.69) is 0 Å². The van der Waals surface area contributed by atoms with Gasteiger partial charge in [-0.1, -0.05) is 12.1 Å². The zero-order valence-electron chi connectivity index (χ0n) is 10.4. The van der Waals surface area contributed by atoms with Crippen molar-refractivity contribution in [1.29, 1.82) is 0 Å². The van der Waals surface area contributed by atoms with Crippen molar-refractivity contribution >= 4 is 38.3 Å². The van der Waals surface area contributed by atoms with Gasteiger partial charge >= 0.3 is 6.18 Å². The molecule has 0 heterocycles. The first-order valence-corrected chi connectivity index (χ1v) is 8.21. The van der Waals surface area contributed by atoms with E-state index in [0.717, 1.165) is 15.7 Å². The second-order valence-electron chi connectivity index (χ2n) is 4.10. The highest BCUT2D eigenvalue weighted by Gasteiger charge is 2.34. The van der Waals surface area contributed by atoms with E-state index in [1.807, 2.05) is 27.3 Å². The van der Waals surface area contributed by atoms with E-state index in [9.17, 15) is 21.6 Å². The van der Waals surface area contributed by atoms with Crippen LogP contribution in [0.5, 0.6) is 0 Å². The van der Waals surface area contributed by atoms with Crippen LogP contribution in [0.3, 0.4) is 0 Å². The minimum Gasteiger partial charge on any atom is -0.279 e. The Morgan fingerprint density at radius 3 is 2.10 bits per heavy atom. The van der Waals surface area contributed by atoms with E-state index in [-0.39, 0.29) is 4.90 Å². The van der Waals surface area contributed by atoms with Crippen LogP contribution < -0.4 is 4.72 Å². The third-order valence-electron chi connectivity index (χ3n) is 2.60. The summed E-state index contributed by atoms with van der Waals surface area (Å²) in [4.78, 5) is -0.0973. The van der Waals surface area contributed by atoms with Crippen LogP contribution in [0.15, 0.2) is 53.4 Å². The number of halogens is 4. The maximum Gasteiger partial charge on any atom is 0.418 e. The molecule has 3 nitrogen and oxygen atoms in total. The van der Waals surface area contributed by atoms with Crippen LogP contribution in [-0.2, 0) is 16.2 Å². The molecule has 0 unspecified atom stereocenters. The Morgan fingerprint density at radius 1 is 0.952 bits per heavy atom. The van der Waals surface area contributed by atoms with Gasteiger partial charge < -0.3 is 0 Å². The summed E-state index contributed by atoms with van der Waals surface area (Å²) in [6, 6.07) is 10.2. The van der Waals surface area contributed by atoms with Gasteiger partial charge in [0.05, 0.1) is 16.1 Å². The van der Waals surface area contributed by atoms with Crippen molar-refractivity contribution < 1.29 is 21.6 Å². The lowest BCUT2D eigenvalue weighted by atomic mass is 10.2. The molecule has 1 N–H and O–H groups in total. The summed E-state index contributed by atoms with van der Waals surface area (Å²) in [7, 11) is -4.07. The number of benzene rings is 2. The van der Waals surface area contributed by atoms with Crippen molar-refractivity contribution in [3.8, 4) is 0 Å². The second-order valence-corrected chi connectivity index (χ2v) is 7.03. The van der Waals surface area contributed by atoms with E-state index in [1.54, 1.807) is 12.1 Å². The molecule has 0 bridgehead atoms. The van der Waals surface area contributed by atoms with E-state index in [4.69, 9.17) is 0 Å². The van der Waals surface area contributed by atoms with Gasteiger partial charge in [0.25, 0.3) is 10.0 Å². The van der Waals surface area contributed by atoms with Gasteiger partial charge in [0.1, 0.15) is 0 Å². The molecule has 0 saturated carbocycles. The van der Waals surface area contributed by atoms with Crippen molar-refractivity contribution in [2.75, 3.05) is 4.72 Å². The first-order valence-electron chi connectivity index (χ1n) is 5.65. The van der Waals surface area contributed by atoms with E-state index in [0.29, 0.717) is 0 Å². The number of alkyl halides is 3. The van der Waals surface area contributed by atoms with Crippen LogP contribution in [-0.4, -0.2) is 8.42 Å². The third-order valence-corrected chi connectivity index (χ3v) is 4.70. The molecule has 2 aromatic rings. The lowest BCUT2D eigenvalue weighted by Gasteiger charge is -2.14. The third kappa shape index (κ3) is 3.88. The summed E-state index contributed by atoms with van der Waals surface area (Å²) in [6.07, 6.45) is -4.63. The number of rotatable bonds is 3. The first-order chi connectivity index (χ1) is 9.70. The van der Waals surface area contributed by atoms with Crippen LogP contribution in [0.4, 0.5) is 18.9 Å². The molecular formula is C13H9F3INO2S. The lowest BCUT2D eigenvalue weighted by Crippen LogP contribution is -2.17. The lowest BCUT2D eigenvalue weighted by molar-refractivity contribution is -0.136. The first kappa shape index (κ1) is 16.1. The van der Waals surface area contributed by atoms with Crippen molar-refractivity contribution in [3.05, 3.63) is 57.7 Å². The number of sulfonamides is 1. The Morgan fingerprint density at radius 2 is 1.52 bits per heavy atom. The summed E-state index contributed by atoms with van der Waals surface area (Å²) in [5.74, 6) is 0. The molecule has 0 aliphatic rings. The van der Waals surface area contributed by atoms with Crippen LogP contribution in [0.25, 0.3) is 0 Å². The molecule has 0 radical (unpaired) electrons. The molecule has 8 heteroatoms. The normalized spacial score (nSPS) is 12.2. The summed E-state index contributed by atoms with van der Waals surface area (Å²) >= 11 is 2.00. The van der Waals surface area contributed by atoms with Crippen LogP contribution in [0, 0.1) is 3.57 Å². The zero-order chi connectivity index (χ0) is 15.7. The number of hydrogen-bond acceptors (Lipinski definition) is 2. The molecule has 0 aliphatic carbocycles. The summed E-state index contributed by atoms with van der Waals surface area (Å²) in [6.45, 7) is 0. The van der Waals surface area contributed by atoms with Gasteiger partial charge in [0, 0.05) is 3.57 Å². The van der Waals surface area contributed by atoms with Gasteiger partial charge in [-0.15, -0.1) is 0 Å². The number of nitrogens with one attached hydrogen (secondary N) is 1. The average Bonchev–Trinajstić information content (AvgIpc) is 2.38. The SMILES string of the molecule is O=S(=O)(Nc1ccccc1C(F)(F)F)c1ccc(I)cc1. The second kappa shape index (κ2) is 5.84. The Kier molecular flexibility index (Phi) is 4.47. The maximum absolute atomic E-state index is 12.8. The van der Waals surface area contributed by atoms with Gasteiger partial charge in [0.2, 0.25) is 0 Å². The molecule has 0 aromatic heterocycles. The molecule has 2 rings (SSSR count). The average molecular weight is 427 g/mol. The van der Waals surface area contributed by atoms with Crippen molar-refractivity contribution in [1.82, 2.24) is 0 Å².